The Bertz CT molecular complexity index is 183. The van der Waals surface area contributed by atoms with Crippen molar-refractivity contribution in [3.05, 3.63) is 37.1 Å². The van der Waals surface area contributed by atoms with E-state index in [2.05, 4.69) is 34.1 Å². The van der Waals surface area contributed by atoms with E-state index in [0.29, 0.717) is 0 Å². The third-order valence-electron chi connectivity index (χ3n) is 0.477. The monoisotopic (exact) mass is 138 g/mol. The van der Waals surface area contributed by atoms with Gasteiger partial charge < -0.3 is 9.47 Å². The fourth-order valence-electron chi connectivity index (χ4n) is 0.207. The summed E-state index contributed by atoms with van der Waals surface area (Å²) in [6, 6.07) is 0. The van der Waals surface area contributed by atoms with E-state index in [4.69, 9.17) is 0 Å². The molecule has 0 unspecified atom stereocenters. The van der Waals surface area contributed by atoms with Gasteiger partial charge in [-0.2, -0.15) is 0 Å². The third-order valence-corrected chi connectivity index (χ3v) is 0.477. The fraction of sp³-hybridized carbons (Fsp3) is 0. The van der Waals surface area contributed by atoms with E-state index in [0.717, 1.165) is 12.5 Å². The zero-order valence-electron chi connectivity index (χ0n) is 5.29. The Morgan fingerprint density at radius 2 is 1.60 bits per heavy atom. The number of hydrogen-bond donors (Lipinski definition) is 0. The highest BCUT2D eigenvalue weighted by Gasteiger charge is 1.95. The van der Waals surface area contributed by atoms with Crippen LogP contribution in [0.2, 0.25) is 0 Å². The summed E-state index contributed by atoms with van der Waals surface area (Å²) < 4.78 is 8.47. The first-order valence-electron chi connectivity index (χ1n) is 2.37. The Balaban J connectivity index is 3.63. The lowest BCUT2D eigenvalue weighted by molar-refractivity contribution is 0.120. The zero-order chi connectivity index (χ0) is 7.82. The number of hydrogen-bond acceptors (Lipinski definition) is 3. The predicted octanol–water partition coefficient (Wildman–Crippen LogP) is 1.74. The molecule has 0 bridgehead atoms. The molecule has 0 spiro atoms. The van der Waals surface area contributed by atoms with Crippen LogP contribution in [0.5, 0.6) is 0 Å². The molecular formula is C7H6O3. The van der Waals surface area contributed by atoms with Gasteiger partial charge in [-0.25, -0.2) is 4.79 Å². The van der Waals surface area contributed by atoms with Gasteiger partial charge in [0.2, 0.25) is 0 Å². The van der Waals surface area contributed by atoms with E-state index in [1.165, 1.54) is 0 Å². The molecule has 0 saturated carbocycles. The van der Waals surface area contributed by atoms with Gasteiger partial charge in [-0.15, -0.1) is 0 Å². The maximum Gasteiger partial charge on any atom is 0.519 e. The molecule has 0 heterocycles. The van der Waals surface area contributed by atoms with Crippen LogP contribution in [0.3, 0.4) is 0 Å². The zero-order valence-corrected chi connectivity index (χ0v) is 5.29. The van der Waals surface area contributed by atoms with E-state index >= 15 is 0 Å². The van der Waals surface area contributed by atoms with Crippen LogP contribution in [0, 0.1) is 0 Å². The normalized spacial score (nSPS) is 6.40. The first-order valence-corrected chi connectivity index (χ1v) is 2.37. The maximum atomic E-state index is 10.3. The van der Waals surface area contributed by atoms with Gasteiger partial charge in [-0.3, -0.25) is 0 Å². The van der Waals surface area contributed by atoms with Crippen LogP contribution >= 0.6 is 0 Å². The molecule has 0 aromatic heterocycles. The van der Waals surface area contributed by atoms with Crippen molar-refractivity contribution in [2.75, 3.05) is 0 Å². The van der Waals surface area contributed by atoms with Gasteiger partial charge >= 0.3 is 6.16 Å². The third kappa shape index (κ3) is 4.47. The van der Waals surface area contributed by atoms with Crippen molar-refractivity contribution >= 4 is 6.16 Å². The van der Waals surface area contributed by atoms with Crippen LogP contribution in [0.15, 0.2) is 37.1 Å². The molecule has 0 amide bonds. The largest absolute Gasteiger partial charge is 0.519 e. The highest BCUT2D eigenvalue weighted by molar-refractivity contribution is 5.61. The van der Waals surface area contributed by atoms with Gasteiger partial charge in [0, 0.05) is 0 Å². The molecule has 0 aliphatic rings. The molecule has 0 rings (SSSR count). The average Bonchev–Trinajstić information content (AvgIpc) is 1.97. The van der Waals surface area contributed by atoms with Crippen molar-refractivity contribution < 1.29 is 14.3 Å². The first kappa shape index (κ1) is 8.31. The lowest BCUT2D eigenvalue weighted by Crippen LogP contribution is -1.96. The lowest BCUT2D eigenvalue weighted by Gasteiger charge is -1.91. The van der Waals surface area contributed by atoms with Crippen LogP contribution in [0.4, 0.5) is 4.79 Å². The minimum Gasteiger partial charge on any atom is -0.394 e. The molecule has 0 aliphatic heterocycles. The van der Waals surface area contributed by atoms with E-state index in [1.54, 1.807) is 0 Å². The Kier molecular flexibility index (Phi) is 4.53. The average molecular weight is 138 g/mol. The van der Waals surface area contributed by atoms with Gasteiger partial charge in [0.1, 0.15) is 12.5 Å². The summed E-state index contributed by atoms with van der Waals surface area (Å²) in [5, 5.41) is 0. The molecule has 0 aliphatic carbocycles. The van der Waals surface area contributed by atoms with E-state index in [1.807, 2.05) is 0 Å². The number of carbonyl (C=O) groups is 1. The molecule has 3 heteroatoms. The summed E-state index contributed by atoms with van der Waals surface area (Å²) in [5.41, 5.74) is 4.45. The number of ether oxygens (including phenoxy) is 2. The fourth-order valence-corrected chi connectivity index (χ4v) is 0.207. The summed E-state index contributed by atoms with van der Waals surface area (Å²) in [6.07, 6.45) is 1.10. The van der Waals surface area contributed by atoms with Crippen LogP contribution in [0.25, 0.3) is 0 Å². The van der Waals surface area contributed by atoms with Gasteiger partial charge in [0.25, 0.3) is 0 Å². The van der Waals surface area contributed by atoms with Gasteiger partial charge in [-0.05, 0) is 0 Å². The molecule has 0 radical (unpaired) electrons. The Morgan fingerprint density at radius 3 is 1.90 bits per heavy atom. The minimum atomic E-state index is -0.868. The molecule has 0 atom stereocenters. The van der Waals surface area contributed by atoms with Crippen molar-refractivity contribution in [3.63, 3.8) is 0 Å². The highest BCUT2D eigenvalue weighted by Crippen LogP contribution is 1.84. The number of rotatable bonds is 2. The Labute approximate surface area is 58.6 Å². The second-order valence-corrected chi connectivity index (χ2v) is 1.13. The first-order chi connectivity index (χ1) is 4.81. The van der Waals surface area contributed by atoms with Crippen molar-refractivity contribution in [1.29, 1.82) is 0 Å². The van der Waals surface area contributed by atoms with E-state index in [9.17, 15) is 4.79 Å². The molecule has 0 saturated heterocycles. The summed E-state index contributed by atoms with van der Waals surface area (Å²) in [4.78, 5) is 10.3. The predicted molar refractivity (Wildman–Crippen MR) is 35.0 cm³/mol. The van der Waals surface area contributed by atoms with Crippen LogP contribution in [0.1, 0.15) is 0 Å². The SMILES string of the molecule is C=C=COC(=O)OC=C=C. The van der Waals surface area contributed by atoms with Crippen molar-refractivity contribution in [1.82, 2.24) is 0 Å². The molecular weight excluding hydrogens is 132 g/mol. The standard InChI is InChI=1S/C7H6O3/c1-3-5-9-7(8)10-6-4-2/h5-6H,1-2H2. The Hall–Kier alpha value is -1.69. The summed E-state index contributed by atoms with van der Waals surface area (Å²) >= 11 is 0. The smallest absolute Gasteiger partial charge is 0.394 e. The van der Waals surface area contributed by atoms with E-state index in [-0.39, 0.29) is 0 Å². The van der Waals surface area contributed by atoms with Crippen LogP contribution in [-0.4, -0.2) is 6.16 Å². The molecule has 10 heavy (non-hydrogen) atoms. The van der Waals surface area contributed by atoms with Gasteiger partial charge in [-0.1, -0.05) is 24.6 Å². The van der Waals surface area contributed by atoms with Gasteiger partial charge in [0.05, 0.1) is 0 Å². The molecule has 0 aromatic carbocycles. The van der Waals surface area contributed by atoms with Crippen molar-refractivity contribution in [2.24, 2.45) is 0 Å². The summed E-state index contributed by atoms with van der Waals surface area (Å²) in [5.74, 6) is 0. The summed E-state index contributed by atoms with van der Waals surface area (Å²) in [6.45, 7) is 6.32. The second-order valence-electron chi connectivity index (χ2n) is 1.13. The van der Waals surface area contributed by atoms with Crippen molar-refractivity contribution in [2.45, 2.75) is 0 Å². The van der Waals surface area contributed by atoms with Gasteiger partial charge in [0.15, 0.2) is 0 Å². The minimum absolute atomic E-state index is 0.868. The quantitative estimate of drug-likeness (QED) is 0.331. The van der Waals surface area contributed by atoms with E-state index < -0.39 is 6.16 Å². The molecule has 52 valence electrons. The number of carbonyl (C=O) groups excluding carboxylic acids is 1. The molecule has 0 fully saturated rings. The summed E-state index contributed by atoms with van der Waals surface area (Å²) in [7, 11) is 0. The lowest BCUT2D eigenvalue weighted by atomic mass is 10.9. The molecule has 0 N–H and O–H groups in total. The van der Waals surface area contributed by atoms with Crippen molar-refractivity contribution in [3.8, 4) is 0 Å². The topological polar surface area (TPSA) is 35.5 Å². The highest BCUT2D eigenvalue weighted by atomic mass is 16.7. The Morgan fingerprint density at radius 1 is 1.20 bits per heavy atom. The van der Waals surface area contributed by atoms with Crippen LogP contribution in [-0.2, 0) is 9.47 Å². The molecule has 3 nitrogen and oxygen atoms in total. The second kappa shape index (κ2) is 5.45. The molecule has 0 aromatic rings. The maximum absolute atomic E-state index is 10.3. The van der Waals surface area contributed by atoms with Crippen LogP contribution < -0.4 is 0 Å².